The first kappa shape index (κ1) is 21.1. The van der Waals surface area contributed by atoms with E-state index in [0.717, 1.165) is 12.1 Å². The van der Waals surface area contributed by atoms with E-state index in [0.29, 0.717) is 11.1 Å². The van der Waals surface area contributed by atoms with E-state index in [1.54, 1.807) is 6.07 Å². The maximum atomic E-state index is 13.2. The number of alkyl carbamates (subject to hydrolysis) is 1. The number of amides is 1. The summed E-state index contributed by atoms with van der Waals surface area (Å²) in [5, 5.41) is 15.6. The Kier molecular flexibility index (Phi) is 6.39. The zero-order valence-electron chi connectivity index (χ0n) is 15.2. The first-order chi connectivity index (χ1) is 13.7. The average Bonchev–Trinajstić information content (AvgIpc) is 2.99. The van der Waals surface area contributed by atoms with Gasteiger partial charge in [0.2, 0.25) is 0 Å². The summed E-state index contributed by atoms with van der Waals surface area (Å²) < 4.78 is 56.5. The molecule has 3 N–H and O–H groups in total. The molecule has 9 heteroatoms. The summed E-state index contributed by atoms with van der Waals surface area (Å²) in [6.07, 6.45) is -6.73. The third-order valence-corrected chi connectivity index (χ3v) is 4.67. The zero-order valence-corrected chi connectivity index (χ0v) is 15.2. The number of hydrogen-bond acceptors (Lipinski definition) is 4. The van der Waals surface area contributed by atoms with Gasteiger partial charge in [-0.25, -0.2) is 9.18 Å². The number of aliphatic hydroxyl groups excluding tert-OH is 1. The minimum Gasteiger partial charge on any atom is -0.442 e. The van der Waals surface area contributed by atoms with Crippen LogP contribution < -0.4 is 10.6 Å². The Hall–Kier alpha value is -2.65. The summed E-state index contributed by atoms with van der Waals surface area (Å²) in [6.45, 7) is 0.240. The molecule has 1 aliphatic rings. The highest BCUT2D eigenvalue weighted by Gasteiger charge is 2.38. The molecule has 1 aliphatic heterocycles. The van der Waals surface area contributed by atoms with E-state index < -0.39 is 41.9 Å². The molecule has 5 nitrogen and oxygen atoms in total. The highest BCUT2D eigenvalue weighted by molar-refractivity contribution is 5.67. The summed E-state index contributed by atoms with van der Waals surface area (Å²) in [5.74, 6) is -0.426. The number of hydrogen-bond donors (Lipinski definition) is 3. The van der Waals surface area contributed by atoms with E-state index in [1.165, 1.54) is 30.3 Å². The lowest BCUT2D eigenvalue weighted by atomic mass is 10.0. The largest absolute Gasteiger partial charge is 0.442 e. The fourth-order valence-corrected chi connectivity index (χ4v) is 3.19. The number of β-amino-alcohol motifs (C(OH)–C–C–N with tert-alkyl or cyclic N) is 1. The molecular formula is C20H20F4N2O3. The molecule has 3 rings (SSSR count). The van der Waals surface area contributed by atoms with Crippen molar-refractivity contribution in [1.82, 2.24) is 10.6 Å². The predicted molar refractivity (Wildman–Crippen MR) is 96.5 cm³/mol. The lowest BCUT2D eigenvalue weighted by Gasteiger charge is -2.22. The van der Waals surface area contributed by atoms with Crippen molar-refractivity contribution < 1.29 is 32.2 Å². The van der Waals surface area contributed by atoms with Crippen LogP contribution in [-0.2, 0) is 23.9 Å². The maximum Gasteiger partial charge on any atom is 0.416 e. The molecule has 0 bridgehead atoms. The smallest absolute Gasteiger partial charge is 0.416 e. The summed E-state index contributed by atoms with van der Waals surface area (Å²) in [5.41, 5.74) is 0.414. The molecular weight excluding hydrogens is 392 g/mol. The van der Waals surface area contributed by atoms with Crippen LogP contribution in [0.25, 0.3) is 0 Å². The number of carbonyl (C=O) groups excluding carboxylic acids is 1. The number of nitrogens with one attached hydrogen (secondary N) is 2. The quantitative estimate of drug-likeness (QED) is 0.661. The number of aliphatic hydroxyl groups is 1. The van der Waals surface area contributed by atoms with Crippen LogP contribution in [0.3, 0.4) is 0 Å². The van der Waals surface area contributed by atoms with Crippen molar-refractivity contribution in [2.24, 2.45) is 0 Å². The third kappa shape index (κ3) is 5.68. The predicted octanol–water partition coefficient (Wildman–Crippen LogP) is 3.01. The van der Waals surface area contributed by atoms with E-state index in [-0.39, 0.29) is 19.5 Å². The van der Waals surface area contributed by atoms with Crippen LogP contribution >= 0.6 is 0 Å². The van der Waals surface area contributed by atoms with Crippen molar-refractivity contribution in [3.8, 4) is 0 Å². The second kappa shape index (κ2) is 8.79. The normalized spacial score (nSPS) is 21.8. The Bertz CT molecular complexity index is 842. The van der Waals surface area contributed by atoms with Crippen LogP contribution in [0.5, 0.6) is 0 Å². The fourth-order valence-electron chi connectivity index (χ4n) is 3.19. The molecule has 29 heavy (non-hydrogen) atoms. The second-order valence-corrected chi connectivity index (χ2v) is 6.83. The number of alkyl halides is 3. The molecule has 2 aromatic rings. The Morgan fingerprint density at radius 2 is 1.90 bits per heavy atom. The first-order valence-corrected chi connectivity index (χ1v) is 8.99. The lowest BCUT2D eigenvalue weighted by molar-refractivity contribution is -0.137. The maximum absolute atomic E-state index is 13.2. The number of benzene rings is 2. The van der Waals surface area contributed by atoms with Crippen molar-refractivity contribution in [2.45, 2.75) is 37.4 Å². The number of ether oxygens (including phenoxy) is 1. The van der Waals surface area contributed by atoms with Gasteiger partial charge in [-0.15, -0.1) is 0 Å². The van der Waals surface area contributed by atoms with Crippen LogP contribution in [0.4, 0.5) is 22.4 Å². The van der Waals surface area contributed by atoms with Gasteiger partial charge in [0.15, 0.2) is 0 Å². The van der Waals surface area contributed by atoms with Crippen LogP contribution in [0.2, 0.25) is 0 Å². The van der Waals surface area contributed by atoms with E-state index >= 15 is 0 Å². The van der Waals surface area contributed by atoms with E-state index in [1.807, 2.05) is 0 Å². The van der Waals surface area contributed by atoms with Gasteiger partial charge in [-0.3, -0.25) is 0 Å². The topological polar surface area (TPSA) is 70.6 Å². The monoisotopic (exact) mass is 412 g/mol. The van der Waals surface area contributed by atoms with Gasteiger partial charge in [-0.1, -0.05) is 24.3 Å². The van der Waals surface area contributed by atoms with Gasteiger partial charge in [-0.2, -0.15) is 13.2 Å². The summed E-state index contributed by atoms with van der Waals surface area (Å²) in [4.78, 5) is 12.1. The van der Waals surface area contributed by atoms with Crippen molar-refractivity contribution in [2.75, 3.05) is 6.54 Å². The van der Waals surface area contributed by atoms with Gasteiger partial charge in [0, 0.05) is 13.1 Å². The fraction of sp³-hybridized carbons (Fsp3) is 0.350. The molecule has 1 fully saturated rings. The van der Waals surface area contributed by atoms with Crippen LogP contribution in [-0.4, -0.2) is 36.0 Å². The van der Waals surface area contributed by atoms with Crippen molar-refractivity contribution in [3.63, 3.8) is 0 Å². The molecule has 2 aromatic carbocycles. The molecule has 0 aromatic heterocycles. The standard InChI is InChI=1S/C20H20F4N2O3/c21-15-3-1-2-13(8-15)10-26-19(28)29-18-16(25-11-17(18)27)9-12-4-6-14(7-5-12)20(22,23)24/h1-8,16-18,25,27H,9-11H2,(H,26,28)/t16-,17+,18+/m1/s1. The molecule has 0 aliphatic carbocycles. The van der Waals surface area contributed by atoms with Gasteiger partial charge in [0.05, 0.1) is 11.6 Å². The van der Waals surface area contributed by atoms with Crippen LogP contribution in [0, 0.1) is 5.82 Å². The average molecular weight is 412 g/mol. The van der Waals surface area contributed by atoms with E-state index in [9.17, 15) is 27.5 Å². The Balaban J connectivity index is 1.57. The van der Waals surface area contributed by atoms with Crippen molar-refractivity contribution >= 4 is 6.09 Å². The van der Waals surface area contributed by atoms with Gasteiger partial charge in [0.25, 0.3) is 0 Å². The molecule has 1 saturated heterocycles. The van der Waals surface area contributed by atoms with E-state index in [2.05, 4.69) is 10.6 Å². The number of rotatable bonds is 5. The molecule has 1 heterocycles. The van der Waals surface area contributed by atoms with Crippen LogP contribution in [0.1, 0.15) is 16.7 Å². The Morgan fingerprint density at radius 3 is 2.55 bits per heavy atom. The molecule has 0 saturated carbocycles. The number of carbonyl (C=O) groups is 1. The highest BCUT2D eigenvalue weighted by atomic mass is 19.4. The van der Waals surface area contributed by atoms with Crippen LogP contribution in [0.15, 0.2) is 48.5 Å². The molecule has 156 valence electrons. The molecule has 0 unspecified atom stereocenters. The Morgan fingerprint density at radius 1 is 1.17 bits per heavy atom. The molecule has 3 atom stereocenters. The van der Waals surface area contributed by atoms with Crippen molar-refractivity contribution in [3.05, 3.63) is 71.0 Å². The minimum atomic E-state index is -4.41. The SMILES string of the molecule is O=C(NCc1cccc(F)c1)O[C@@H]1[C@@H](O)CN[C@@H]1Cc1ccc(C(F)(F)F)cc1. The van der Waals surface area contributed by atoms with Crippen molar-refractivity contribution in [1.29, 1.82) is 0 Å². The van der Waals surface area contributed by atoms with Gasteiger partial charge in [-0.05, 0) is 41.8 Å². The molecule has 0 radical (unpaired) electrons. The van der Waals surface area contributed by atoms with Gasteiger partial charge < -0.3 is 20.5 Å². The summed E-state index contributed by atoms with van der Waals surface area (Å²) in [6, 6.07) is 9.96. The summed E-state index contributed by atoms with van der Waals surface area (Å²) in [7, 11) is 0. The molecule has 1 amide bonds. The Labute approximate surface area is 164 Å². The second-order valence-electron chi connectivity index (χ2n) is 6.83. The minimum absolute atomic E-state index is 0.0520. The zero-order chi connectivity index (χ0) is 21.0. The first-order valence-electron chi connectivity index (χ1n) is 8.99. The molecule has 0 spiro atoms. The van der Waals surface area contributed by atoms with Gasteiger partial charge in [0.1, 0.15) is 18.0 Å². The summed E-state index contributed by atoms with van der Waals surface area (Å²) >= 11 is 0. The third-order valence-electron chi connectivity index (χ3n) is 4.67. The van der Waals surface area contributed by atoms with Gasteiger partial charge >= 0.3 is 12.3 Å². The highest BCUT2D eigenvalue weighted by Crippen LogP contribution is 2.29. The van der Waals surface area contributed by atoms with E-state index in [4.69, 9.17) is 4.74 Å². The lowest BCUT2D eigenvalue weighted by Crippen LogP contribution is -2.41. The number of halogens is 4.